The van der Waals surface area contributed by atoms with Crippen molar-refractivity contribution in [2.24, 2.45) is 0 Å². The molecule has 0 atom stereocenters. The highest BCUT2D eigenvalue weighted by atomic mass is 35.5. The Labute approximate surface area is 149 Å². The summed E-state index contributed by atoms with van der Waals surface area (Å²) in [5.74, 6) is 0.0956. The third-order valence-corrected chi connectivity index (χ3v) is 3.72. The first-order valence-electron chi connectivity index (χ1n) is 7.12. The van der Waals surface area contributed by atoms with Gasteiger partial charge in [-0.15, -0.1) is 0 Å². The zero-order chi connectivity index (χ0) is 17.5. The molecule has 0 saturated carbocycles. The summed E-state index contributed by atoms with van der Waals surface area (Å²) < 4.78 is 5.05. The molecule has 2 amide bonds. The number of hydrogen-bond acceptors (Lipinski definition) is 3. The van der Waals surface area contributed by atoms with Gasteiger partial charge in [0.15, 0.2) is 0 Å². The summed E-state index contributed by atoms with van der Waals surface area (Å²) >= 11 is 11.8. The smallest absolute Gasteiger partial charge is 0.243 e. The number of hydrogen-bond donors (Lipinski definition) is 2. The van der Waals surface area contributed by atoms with E-state index in [2.05, 4.69) is 10.6 Å². The van der Waals surface area contributed by atoms with Crippen LogP contribution in [0.1, 0.15) is 5.56 Å². The van der Waals surface area contributed by atoms with Crippen LogP contribution in [0, 0.1) is 0 Å². The Hall–Kier alpha value is -2.24. The average molecular weight is 367 g/mol. The molecule has 126 valence electrons. The minimum absolute atomic E-state index is 0.145. The zero-order valence-electron chi connectivity index (χ0n) is 12.9. The largest absolute Gasteiger partial charge is 0.497 e. The Morgan fingerprint density at radius 1 is 1.04 bits per heavy atom. The first-order chi connectivity index (χ1) is 11.5. The van der Waals surface area contributed by atoms with Crippen LogP contribution >= 0.6 is 23.2 Å². The summed E-state index contributed by atoms with van der Waals surface area (Å²) in [7, 11) is 1.58. The fourth-order valence-corrected chi connectivity index (χ4v) is 2.41. The van der Waals surface area contributed by atoms with Crippen molar-refractivity contribution in [3.8, 4) is 5.75 Å². The minimum atomic E-state index is -0.373. The topological polar surface area (TPSA) is 67.4 Å². The van der Waals surface area contributed by atoms with Gasteiger partial charge in [-0.2, -0.15) is 0 Å². The van der Waals surface area contributed by atoms with Gasteiger partial charge in [-0.05, 0) is 35.9 Å². The lowest BCUT2D eigenvalue weighted by Gasteiger charge is -2.09. The van der Waals surface area contributed by atoms with Crippen LogP contribution in [0.25, 0.3) is 0 Å². The molecule has 5 nitrogen and oxygen atoms in total. The van der Waals surface area contributed by atoms with Crippen LogP contribution in [0.5, 0.6) is 5.75 Å². The lowest BCUT2D eigenvalue weighted by molar-refractivity contribution is -0.123. The number of carbonyl (C=O) groups excluding carboxylic acids is 2. The molecule has 2 aromatic carbocycles. The maximum Gasteiger partial charge on any atom is 0.243 e. The number of benzene rings is 2. The molecule has 0 fully saturated rings. The Morgan fingerprint density at radius 3 is 2.38 bits per heavy atom. The van der Waals surface area contributed by atoms with E-state index in [0.29, 0.717) is 15.7 Å². The summed E-state index contributed by atoms with van der Waals surface area (Å²) in [4.78, 5) is 23.7. The van der Waals surface area contributed by atoms with E-state index in [4.69, 9.17) is 27.9 Å². The lowest BCUT2D eigenvalue weighted by Crippen LogP contribution is -2.33. The predicted octanol–water partition coefficient (Wildman–Crippen LogP) is 3.30. The summed E-state index contributed by atoms with van der Waals surface area (Å²) in [6.45, 7) is -0.145. The second-order valence-electron chi connectivity index (χ2n) is 4.97. The highest BCUT2D eigenvalue weighted by Gasteiger charge is 2.09. The summed E-state index contributed by atoms with van der Waals surface area (Å²) in [5, 5.41) is 5.98. The Morgan fingerprint density at radius 2 is 1.75 bits per heavy atom. The molecule has 0 bridgehead atoms. The van der Waals surface area contributed by atoms with Gasteiger partial charge in [0.1, 0.15) is 5.75 Å². The van der Waals surface area contributed by atoms with Crippen molar-refractivity contribution in [3.05, 3.63) is 58.1 Å². The average Bonchev–Trinajstić information content (AvgIpc) is 2.56. The van der Waals surface area contributed by atoms with Crippen LogP contribution in [0.2, 0.25) is 10.0 Å². The van der Waals surface area contributed by atoms with Gasteiger partial charge in [0.25, 0.3) is 0 Å². The maximum absolute atomic E-state index is 11.9. The highest BCUT2D eigenvalue weighted by Crippen LogP contribution is 2.25. The van der Waals surface area contributed by atoms with Gasteiger partial charge in [0, 0.05) is 5.02 Å². The molecule has 0 spiro atoms. The van der Waals surface area contributed by atoms with Crippen LogP contribution in [-0.4, -0.2) is 25.5 Å². The number of ether oxygens (including phenoxy) is 1. The molecule has 0 unspecified atom stereocenters. The van der Waals surface area contributed by atoms with Gasteiger partial charge in [0.2, 0.25) is 11.8 Å². The minimum Gasteiger partial charge on any atom is -0.497 e. The number of rotatable bonds is 6. The number of anilines is 1. The fourth-order valence-electron chi connectivity index (χ4n) is 1.96. The Balaban J connectivity index is 1.81. The van der Waals surface area contributed by atoms with Crippen LogP contribution in [0.15, 0.2) is 42.5 Å². The Bertz CT molecular complexity index is 733. The van der Waals surface area contributed by atoms with E-state index in [0.717, 1.165) is 11.3 Å². The third kappa shape index (κ3) is 5.44. The molecule has 0 heterocycles. The first kappa shape index (κ1) is 18.1. The van der Waals surface area contributed by atoms with Crippen molar-refractivity contribution >= 4 is 40.7 Å². The Kier molecular flexibility index (Phi) is 6.46. The van der Waals surface area contributed by atoms with Crippen LogP contribution < -0.4 is 15.4 Å². The van der Waals surface area contributed by atoms with Gasteiger partial charge in [-0.25, -0.2) is 0 Å². The molecule has 0 aliphatic rings. The second-order valence-corrected chi connectivity index (χ2v) is 5.82. The van der Waals surface area contributed by atoms with Crippen molar-refractivity contribution in [2.75, 3.05) is 19.0 Å². The molecule has 2 N–H and O–H groups in total. The molecule has 2 rings (SSSR count). The second kappa shape index (κ2) is 8.57. The molecule has 2 aromatic rings. The van der Waals surface area contributed by atoms with Crippen LogP contribution in [0.3, 0.4) is 0 Å². The van der Waals surface area contributed by atoms with Gasteiger partial charge in [0.05, 0.1) is 30.8 Å². The van der Waals surface area contributed by atoms with Crippen molar-refractivity contribution in [1.82, 2.24) is 5.32 Å². The van der Waals surface area contributed by atoms with E-state index in [1.807, 2.05) is 0 Å². The summed E-state index contributed by atoms with van der Waals surface area (Å²) in [6, 6.07) is 11.9. The molecule has 0 radical (unpaired) electrons. The van der Waals surface area contributed by atoms with E-state index in [1.54, 1.807) is 43.5 Å². The van der Waals surface area contributed by atoms with Gasteiger partial charge in [-0.1, -0.05) is 35.3 Å². The highest BCUT2D eigenvalue weighted by molar-refractivity contribution is 6.36. The van der Waals surface area contributed by atoms with Crippen LogP contribution in [-0.2, 0) is 16.0 Å². The van der Waals surface area contributed by atoms with Gasteiger partial charge >= 0.3 is 0 Å². The normalized spacial score (nSPS) is 10.1. The third-order valence-electron chi connectivity index (χ3n) is 3.18. The number of carbonyl (C=O) groups is 2. The van der Waals surface area contributed by atoms with E-state index >= 15 is 0 Å². The quantitative estimate of drug-likeness (QED) is 0.823. The monoisotopic (exact) mass is 366 g/mol. The van der Waals surface area contributed by atoms with E-state index in [1.165, 1.54) is 6.07 Å². The van der Waals surface area contributed by atoms with Crippen molar-refractivity contribution < 1.29 is 14.3 Å². The first-order valence-corrected chi connectivity index (χ1v) is 7.88. The van der Waals surface area contributed by atoms with Gasteiger partial charge in [-0.3, -0.25) is 9.59 Å². The maximum atomic E-state index is 11.9. The molecule has 0 saturated heterocycles. The SMILES string of the molecule is COc1ccc(CC(=O)NCC(=O)Nc2ccc(Cl)cc2Cl)cc1. The molecular weight excluding hydrogens is 351 g/mol. The summed E-state index contributed by atoms with van der Waals surface area (Å²) in [5.41, 5.74) is 1.27. The number of methoxy groups -OCH3 is 1. The molecule has 24 heavy (non-hydrogen) atoms. The standard InChI is InChI=1S/C17H16Cl2N2O3/c1-24-13-5-2-11(3-6-13)8-16(22)20-10-17(23)21-15-7-4-12(18)9-14(15)19/h2-7,9H,8,10H2,1H3,(H,20,22)(H,21,23). The van der Waals surface area contributed by atoms with E-state index in [9.17, 15) is 9.59 Å². The molecule has 7 heteroatoms. The molecular formula is C17H16Cl2N2O3. The van der Waals surface area contributed by atoms with Crippen molar-refractivity contribution in [1.29, 1.82) is 0 Å². The predicted molar refractivity (Wildman–Crippen MR) is 94.8 cm³/mol. The number of nitrogens with one attached hydrogen (secondary N) is 2. The van der Waals surface area contributed by atoms with Gasteiger partial charge < -0.3 is 15.4 Å². The summed E-state index contributed by atoms with van der Waals surface area (Å²) in [6.07, 6.45) is 0.180. The van der Waals surface area contributed by atoms with Crippen molar-refractivity contribution in [3.63, 3.8) is 0 Å². The molecule has 0 aromatic heterocycles. The number of halogens is 2. The zero-order valence-corrected chi connectivity index (χ0v) is 14.4. The molecule has 0 aliphatic carbocycles. The van der Waals surface area contributed by atoms with Crippen molar-refractivity contribution in [2.45, 2.75) is 6.42 Å². The number of amides is 2. The van der Waals surface area contributed by atoms with E-state index in [-0.39, 0.29) is 24.8 Å². The lowest BCUT2D eigenvalue weighted by atomic mass is 10.1. The van der Waals surface area contributed by atoms with E-state index < -0.39 is 0 Å². The molecule has 0 aliphatic heterocycles. The van der Waals surface area contributed by atoms with Crippen LogP contribution in [0.4, 0.5) is 5.69 Å². The fraction of sp³-hybridized carbons (Fsp3) is 0.176.